The summed E-state index contributed by atoms with van der Waals surface area (Å²) in [5, 5.41) is 9.50. The molecular formula is C15H20ClNO3. The fourth-order valence-corrected chi connectivity index (χ4v) is 2.09. The van der Waals surface area contributed by atoms with Gasteiger partial charge in [-0.3, -0.25) is 9.59 Å². The monoisotopic (exact) mass is 297 g/mol. The summed E-state index contributed by atoms with van der Waals surface area (Å²) in [5.74, 6) is -1.15. The zero-order chi connectivity index (χ0) is 15.3. The zero-order valence-corrected chi connectivity index (χ0v) is 12.8. The molecule has 5 heteroatoms. The van der Waals surface area contributed by atoms with Crippen LogP contribution in [0.1, 0.15) is 31.4 Å². The molecule has 0 unspecified atom stereocenters. The summed E-state index contributed by atoms with van der Waals surface area (Å²) >= 11 is 6.04. The van der Waals surface area contributed by atoms with E-state index >= 15 is 0 Å². The minimum atomic E-state index is -0.995. The molecule has 0 spiro atoms. The molecule has 110 valence electrons. The number of nitrogens with zero attached hydrogens (tertiary/aromatic N) is 1. The first-order chi connectivity index (χ1) is 9.31. The first-order valence-electron chi connectivity index (χ1n) is 6.57. The molecule has 0 aromatic heterocycles. The van der Waals surface area contributed by atoms with Gasteiger partial charge in [0, 0.05) is 17.5 Å². The highest BCUT2D eigenvalue weighted by Crippen LogP contribution is 2.18. The van der Waals surface area contributed by atoms with Crippen LogP contribution in [0.3, 0.4) is 0 Å². The molecule has 1 amide bonds. The van der Waals surface area contributed by atoms with Gasteiger partial charge in [0.25, 0.3) is 0 Å². The van der Waals surface area contributed by atoms with E-state index in [0.29, 0.717) is 11.4 Å². The Labute approximate surface area is 124 Å². The molecule has 0 atom stereocenters. The number of rotatable bonds is 6. The number of hydrogen-bond acceptors (Lipinski definition) is 2. The van der Waals surface area contributed by atoms with E-state index in [-0.39, 0.29) is 24.9 Å². The number of aryl methyl sites for hydroxylation is 2. The third kappa shape index (κ3) is 4.85. The van der Waals surface area contributed by atoms with Crippen LogP contribution < -0.4 is 0 Å². The maximum atomic E-state index is 12.1. The smallest absolute Gasteiger partial charge is 0.323 e. The van der Waals surface area contributed by atoms with Crippen LogP contribution in [-0.4, -0.2) is 34.5 Å². The largest absolute Gasteiger partial charge is 0.480 e. The summed E-state index contributed by atoms with van der Waals surface area (Å²) in [4.78, 5) is 24.2. The summed E-state index contributed by atoms with van der Waals surface area (Å²) in [6.45, 7) is 5.28. The molecule has 0 aliphatic carbocycles. The third-order valence-corrected chi connectivity index (χ3v) is 3.52. The lowest BCUT2D eigenvalue weighted by Crippen LogP contribution is -2.40. The Kier molecular flexibility index (Phi) is 6.02. The van der Waals surface area contributed by atoms with Gasteiger partial charge in [-0.1, -0.05) is 23.7 Å². The van der Waals surface area contributed by atoms with Crippen LogP contribution in [-0.2, 0) is 16.0 Å². The van der Waals surface area contributed by atoms with Gasteiger partial charge in [-0.2, -0.15) is 0 Å². The lowest BCUT2D eigenvalue weighted by atomic mass is 10.1. The normalized spacial score (nSPS) is 10.7. The summed E-state index contributed by atoms with van der Waals surface area (Å²) in [5.41, 5.74) is 1.98. The number of carbonyl (C=O) groups is 2. The first kappa shape index (κ1) is 16.5. The van der Waals surface area contributed by atoms with Crippen molar-refractivity contribution in [1.82, 2.24) is 4.90 Å². The molecule has 1 N–H and O–H groups in total. The van der Waals surface area contributed by atoms with Crippen molar-refractivity contribution in [3.8, 4) is 0 Å². The van der Waals surface area contributed by atoms with Crippen LogP contribution in [0.2, 0.25) is 5.02 Å². The van der Waals surface area contributed by atoms with Crippen molar-refractivity contribution < 1.29 is 14.7 Å². The molecule has 0 aliphatic heterocycles. The Bertz CT molecular complexity index is 500. The van der Waals surface area contributed by atoms with E-state index in [9.17, 15) is 9.59 Å². The van der Waals surface area contributed by atoms with Crippen LogP contribution in [0.4, 0.5) is 0 Å². The quantitative estimate of drug-likeness (QED) is 0.878. The van der Waals surface area contributed by atoms with E-state index < -0.39 is 5.97 Å². The summed E-state index contributed by atoms with van der Waals surface area (Å²) in [6, 6.07) is 5.58. The van der Waals surface area contributed by atoms with Crippen LogP contribution in [0.5, 0.6) is 0 Å². The maximum absolute atomic E-state index is 12.1. The average molecular weight is 298 g/mol. The van der Waals surface area contributed by atoms with E-state index in [1.54, 1.807) is 0 Å². The molecule has 0 saturated heterocycles. The number of aliphatic carboxylic acids is 1. The second-order valence-corrected chi connectivity index (χ2v) is 5.50. The molecule has 0 saturated carbocycles. The second kappa shape index (κ2) is 7.29. The molecular weight excluding hydrogens is 278 g/mol. The van der Waals surface area contributed by atoms with E-state index in [1.807, 2.05) is 39.0 Å². The first-order valence-corrected chi connectivity index (χ1v) is 6.95. The number of carboxylic acid groups (broad SMARTS) is 1. The highest BCUT2D eigenvalue weighted by Gasteiger charge is 2.19. The van der Waals surface area contributed by atoms with Crippen LogP contribution >= 0.6 is 11.6 Å². The van der Waals surface area contributed by atoms with Crippen LogP contribution in [0, 0.1) is 6.92 Å². The van der Waals surface area contributed by atoms with Crippen molar-refractivity contribution in [2.75, 3.05) is 6.54 Å². The van der Waals surface area contributed by atoms with Gasteiger partial charge in [-0.05, 0) is 44.4 Å². The lowest BCUT2D eigenvalue weighted by molar-refractivity contribution is -0.145. The number of benzene rings is 1. The minimum absolute atomic E-state index is 0.125. The highest BCUT2D eigenvalue weighted by molar-refractivity contribution is 6.31. The van der Waals surface area contributed by atoms with Gasteiger partial charge in [0.1, 0.15) is 6.54 Å². The fraction of sp³-hybridized carbons (Fsp3) is 0.467. The predicted molar refractivity (Wildman–Crippen MR) is 79.0 cm³/mol. The van der Waals surface area contributed by atoms with E-state index in [1.165, 1.54) is 4.90 Å². The number of carbonyl (C=O) groups excluding carboxylic acids is 1. The molecule has 0 bridgehead atoms. The number of amides is 1. The standard InChI is InChI=1S/C15H20ClNO3/c1-10(2)17(9-15(19)20)14(18)7-6-12-5-4-11(3)13(16)8-12/h4-5,8,10H,6-7,9H2,1-3H3,(H,19,20). The van der Waals surface area contributed by atoms with Gasteiger partial charge in [0.05, 0.1) is 0 Å². The van der Waals surface area contributed by atoms with Crippen molar-refractivity contribution in [2.45, 2.75) is 39.7 Å². The second-order valence-electron chi connectivity index (χ2n) is 5.09. The van der Waals surface area contributed by atoms with E-state index in [0.717, 1.165) is 11.1 Å². The van der Waals surface area contributed by atoms with Crippen molar-refractivity contribution in [3.05, 3.63) is 34.3 Å². The summed E-state index contributed by atoms with van der Waals surface area (Å²) in [7, 11) is 0. The average Bonchev–Trinajstić information content (AvgIpc) is 2.36. The molecule has 0 radical (unpaired) electrons. The predicted octanol–water partition coefficient (Wildman–Crippen LogP) is 2.90. The fourth-order valence-electron chi connectivity index (χ4n) is 1.89. The van der Waals surface area contributed by atoms with Gasteiger partial charge in [0.15, 0.2) is 0 Å². The number of carboxylic acids is 1. The zero-order valence-electron chi connectivity index (χ0n) is 12.0. The maximum Gasteiger partial charge on any atom is 0.323 e. The molecule has 0 heterocycles. The van der Waals surface area contributed by atoms with E-state index in [2.05, 4.69) is 0 Å². The Hall–Kier alpha value is -1.55. The minimum Gasteiger partial charge on any atom is -0.480 e. The van der Waals surface area contributed by atoms with Crippen LogP contribution in [0.25, 0.3) is 0 Å². The van der Waals surface area contributed by atoms with Crippen molar-refractivity contribution in [2.24, 2.45) is 0 Å². The molecule has 0 fully saturated rings. The number of hydrogen-bond donors (Lipinski definition) is 1. The van der Waals surface area contributed by atoms with Gasteiger partial charge in [-0.25, -0.2) is 0 Å². The molecule has 0 aliphatic rings. The van der Waals surface area contributed by atoms with Gasteiger partial charge in [0.2, 0.25) is 5.91 Å². The molecule has 1 rings (SSSR count). The van der Waals surface area contributed by atoms with Crippen molar-refractivity contribution in [3.63, 3.8) is 0 Å². The highest BCUT2D eigenvalue weighted by atomic mass is 35.5. The van der Waals surface area contributed by atoms with Gasteiger partial charge in [-0.15, -0.1) is 0 Å². The Morgan fingerprint density at radius 3 is 2.50 bits per heavy atom. The summed E-state index contributed by atoms with van der Waals surface area (Å²) < 4.78 is 0. The topological polar surface area (TPSA) is 57.6 Å². The molecule has 4 nitrogen and oxygen atoms in total. The Morgan fingerprint density at radius 2 is 2.00 bits per heavy atom. The Morgan fingerprint density at radius 1 is 1.35 bits per heavy atom. The SMILES string of the molecule is Cc1ccc(CCC(=O)N(CC(=O)O)C(C)C)cc1Cl. The van der Waals surface area contributed by atoms with Crippen LogP contribution in [0.15, 0.2) is 18.2 Å². The van der Waals surface area contributed by atoms with Gasteiger partial charge >= 0.3 is 5.97 Å². The van der Waals surface area contributed by atoms with Crippen molar-refractivity contribution >= 4 is 23.5 Å². The number of halogens is 1. The Balaban J connectivity index is 2.64. The molecule has 1 aromatic rings. The van der Waals surface area contributed by atoms with E-state index in [4.69, 9.17) is 16.7 Å². The third-order valence-electron chi connectivity index (χ3n) is 3.11. The van der Waals surface area contributed by atoms with Crippen molar-refractivity contribution in [1.29, 1.82) is 0 Å². The molecule has 1 aromatic carbocycles. The lowest BCUT2D eigenvalue weighted by Gasteiger charge is -2.24. The molecule has 20 heavy (non-hydrogen) atoms. The van der Waals surface area contributed by atoms with Gasteiger partial charge < -0.3 is 10.0 Å². The summed E-state index contributed by atoms with van der Waals surface area (Å²) in [6.07, 6.45) is 0.840.